The van der Waals surface area contributed by atoms with Gasteiger partial charge in [-0.05, 0) is 59.6 Å². The van der Waals surface area contributed by atoms with E-state index in [4.69, 9.17) is 23.7 Å². The monoisotopic (exact) mass is 493 g/mol. The summed E-state index contributed by atoms with van der Waals surface area (Å²) in [5, 5.41) is 3.63. The molecule has 3 aliphatic heterocycles. The van der Waals surface area contributed by atoms with Gasteiger partial charge in [-0.2, -0.15) is 0 Å². The molecule has 2 aromatic rings. The van der Waals surface area contributed by atoms with Crippen LogP contribution in [0.4, 0.5) is 0 Å². The van der Waals surface area contributed by atoms with Crippen LogP contribution in [-0.4, -0.2) is 42.9 Å². The summed E-state index contributed by atoms with van der Waals surface area (Å²) in [6.07, 6.45) is -0.506. The second-order valence-corrected chi connectivity index (χ2v) is 10.0. The van der Waals surface area contributed by atoms with Crippen LogP contribution < -0.4 is 14.8 Å². The van der Waals surface area contributed by atoms with Crippen LogP contribution in [0.2, 0.25) is 0 Å². The highest BCUT2D eigenvalue weighted by atomic mass is 79.9. The molecule has 5 rings (SSSR count). The molecule has 8 heteroatoms. The van der Waals surface area contributed by atoms with E-state index >= 15 is 0 Å². The van der Waals surface area contributed by atoms with Gasteiger partial charge in [0.25, 0.3) is 0 Å². The third-order valence-electron chi connectivity index (χ3n) is 5.30. The summed E-state index contributed by atoms with van der Waals surface area (Å²) in [6.45, 7) is 5.56. The summed E-state index contributed by atoms with van der Waals surface area (Å²) in [6, 6.07) is 14.2. The van der Waals surface area contributed by atoms with Gasteiger partial charge in [-0.15, -0.1) is 11.8 Å². The van der Waals surface area contributed by atoms with Crippen molar-refractivity contribution in [3.8, 4) is 11.5 Å². The number of thioether (sulfide) groups is 1. The van der Waals surface area contributed by atoms with E-state index in [1.165, 1.54) is 4.90 Å². The lowest BCUT2D eigenvalue weighted by Crippen LogP contribution is -2.38. The fraction of sp³-hybridized carbons (Fsp3) is 0.455. The number of benzene rings is 2. The van der Waals surface area contributed by atoms with E-state index in [0.29, 0.717) is 13.1 Å². The molecule has 0 radical (unpaired) electrons. The van der Waals surface area contributed by atoms with Gasteiger partial charge in [0, 0.05) is 22.5 Å². The first-order valence-corrected chi connectivity index (χ1v) is 11.7. The first kappa shape index (κ1) is 20.6. The van der Waals surface area contributed by atoms with E-state index in [1.807, 2.05) is 44.2 Å². The topological polar surface area (TPSA) is 58.2 Å². The smallest absolute Gasteiger partial charge is 0.231 e. The van der Waals surface area contributed by atoms with Gasteiger partial charge in [-0.1, -0.05) is 18.2 Å². The predicted molar refractivity (Wildman–Crippen MR) is 117 cm³/mol. The second-order valence-electron chi connectivity index (χ2n) is 7.97. The van der Waals surface area contributed by atoms with Crippen molar-refractivity contribution >= 4 is 27.7 Å². The minimum Gasteiger partial charge on any atom is -0.454 e. The summed E-state index contributed by atoms with van der Waals surface area (Å²) in [4.78, 5) is 1.17. The zero-order valence-electron chi connectivity index (χ0n) is 16.8. The number of hydrogen-bond acceptors (Lipinski definition) is 7. The molecule has 0 aromatic heterocycles. The average Bonchev–Trinajstić information content (AvgIpc) is 3.37. The molecule has 1 N–H and O–H groups in total. The van der Waals surface area contributed by atoms with Crippen LogP contribution in [0.3, 0.4) is 0 Å². The zero-order chi connectivity index (χ0) is 20.7. The maximum absolute atomic E-state index is 6.27. The summed E-state index contributed by atoms with van der Waals surface area (Å²) in [5.41, 5.74) is 1.14. The second kappa shape index (κ2) is 8.33. The standard InChI is InChI=1S/C22H24BrNO5S/c1-22(2)28-19-20(30-18-6-4-3-5-14(18)23)17(27-21(19)29-22)11-24-10-13-7-8-15-16(9-13)26-12-25-15/h3-9,17,19-21,24H,10-12H2,1-2H3/t17-,19-,20+,21-/m1/s1. The Hall–Kier alpha value is -1.29. The van der Waals surface area contributed by atoms with Crippen molar-refractivity contribution in [2.24, 2.45) is 0 Å². The van der Waals surface area contributed by atoms with Gasteiger partial charge in [0.05, 0.1) is 11.4 Å². The van der Waals surface area contributed by atoms with E-state index < -0.39 is 5.79 Å². The van der Waals surface area contributed by atoms with Crippen molar-refractivity contribution < 1.29 is 23.7 Å². The molecule has 0 amide bonds. The predicted octanol–water partition coefficient (Wildman–Crippen LogP) is 4.30. The fourth-order valence-electron chi connectivity index (χ4n) is 3.95. The maximum atomic E-state index is 6.27. The number of hydrogen-bond donors (Lipinski definition) is 1. The van der Waals surface area contributed by atoms with E-state index in [9.17, 15) is 0 Å². The lowest BCUT2D eigenvalue weighted by atomic mass is 10.1. The summed E-state index contributed by atoms with van der Waals surface area (Å²) in [7, 11) is 0. The van der Waals surface area contributed by atoms with Gasteiger partial charge < -0.3 is 29.0 Å². The number of fused-ring (bicyclic) bond motifs is 2. The first-order valence-electron chi connectivity index (χ1n) is 10.00. The Morgan fingerprint density at radius 1 is 1.10 bits per heavy atom. The van der Waals surface area contributed by atoms with Crippen LogP contribution in [0.15, 0.2) is 51.8 Å². The van der Waals surface area contributed by atoms with Crippen LogP contribution in [0.25, 0.3) is 0 Å². The number of ether oxygens (including phenoxy) is 5. The number of nitrogens with one attached hydrogen (secondary N) is 1. The van der Waals surface area contributed by atoms with Gasteiger partial charge in [0.15, 0.2) is 23.6 Å². The zero-order valence-corrected chi connectivity index (χ0v) is 19.2. The molecule has 2 aromatic carbocycles. The normalized spacial score (nSPS) is 28.6. The molecule has 0 spiro atoms. The Morgan fingerprint density at radius 3 is 2.80 bits per heavy atom. The van der Waals surface area contributed by atoms with Crippen LogP contribution >= 0.6 is 27.7 Å². The van der Waals surface area contributed by atoms with Crippen molar-refractivity contribution in [1.29, 1.82) is 0 Å². The molecule has 3 heterocycles. The van der Waals surface area contributed by atoms with Crippen molar-refractivity contribution in [2.45, 2.75) is 54.8 Å². The molecule has 0 aliphatic carbocycles. The molecule has 160 valence electrons. The van der Waals surface area contributed by atoms with E-state index in [-0.39, 0.29) is 30.5 Å². The molecule has 0 bridgehead atoms. The lowest BCUT2D eigenvalue weighted by molar-refractivity contribution is -0.203. The largest absolute Gasteiger partial charge is 0.454 e. The minimum atomic E-state index is -0.632. The Balaban J connectivity index is 1.26. The Kier molecular flexibility index (Phi) is 5.72. The molecule has 2 saturated heterocycles. The summed E-state index contributed by atoms with van der Waals surface area (Å²) >= 11 is 5.43. The van der Waals surface area contributed by atoms with E-state index in [1.54, 1.807) is 11.8 Å². The molecule has 0 unspecified atom stereocenters. The summed E-state index contributed by atoms with van der Waals surface area (Å²) < 4.78 is 30.4. The van der Waals surface area contributed by atoms with E-state index in [2.05, 4.69) is 33.4 Å². The van der Waals surface area contributed by atoms with Gasteiger partial charge >= 0.3 is 0 Å². The number of rotatable bonds is 6. The SMILES string of the molecule is CC1(C)O[C@H]2O[C@H](CNCc3ccc4c(c3)OCO4)[C@H](Sc3ccccc3Br)[C@H]2O1. The Morgan fingerprint density at radius 2 is 1.93 bits per heavy atom. The van der Waals surface area contributed by atoms with Crippen LogP contribution in [0.5, 0.6) is 11.5 Å². The highest BCUT2D eigenvalue weighted by molar-refractivity contribution is 9.10. The van der Waals surface area contributed by atoms with Crippen LogP contribution in [0.1, 0.15) is 19.4 Å². The van der Waals surface area contributed by atoms with Crippen LogP contribution in [0, 0.1) is 0 Å². The van der Waals surface area contributed by atoms with Gasteiger partial charge in [-0.3, -0.25) is 0 Å². The molecule has 3 aliphatic rings. The van der Waals surface area contributed by atoms with Crippen molar-refractivity contribution in [1.82, 2.24) is 5.32 Å². The lowest BCUT2D eigenvalue weighted by Gasteiger charge is -2.26. The highest BCUT2D eigenvalue weighted by Gasteiger charge is 2.54. The maximum Gasteiger partial charge on any atom is 0.231 e. The Bertz CT molecular complexity index is 926. The minimum absolute atomic E-state index is 0.0396. The third kappa shape index (κ3) is 4.22. The van der Waals surface area contributed by atoms with Gasteiger partial charge in [0.2, 0.25) is 6.79 Å². The quantitative estimate of drug-likeness (QED) is 0.643. The molecular formula is C22H24BrNO5S. The van der Waals surface area contributed by atoms with Crippen molar-refractivity contribution in [3.05, 3.63) is 52.5 Å². The first-order chi connectivity index (χ1) is 14.5. The Labute approximate surface area is 188 Å². The van der Waals surface area contributed by atoms with Crippen LogP contribution in [-0.2, 0) is 20.8 Å². The summed E-state index contributed by atoms with van der Waals surface area (Å²) in [5.74, 6) is 0.965. The highest BCUT2D eigenvalue weighted by Crippen LogP contribution is 2.45. The molecule has 0 saturated carbocycles. The van der Waals surface area contributed by atoms with Gasteiger partial charge in [-0.25, -0.2) is 0 Å². The molecule has 30 heavy (non-hydrogen) atoms. The van der Waals surface area contributed by atoms with E-state index in [0.717, 1.165) is 21.5 Å². The van der Waals surface area contributed by atoms with Crippen molar-refractivity contribution in [3.63, 3.8) is 0 Å². The molecule has 2 fully saturated rings. The molecular weight excluding hydrogens is 470 g/mol. The third-order valence-corrected chi connectivity index (χ3v) is 7.71. The van der Waals surface area contributed by atoms with Gasteiger partial charge in [0.1, 0.15) is 6.10 Å². The molecule has 4 atom stereocenters. The number of halogens is 1. The average molecular weight is 494 g/mol. The molecule has 6 nitrogen and oxygen atoms in total. The fourth-order valence-corrected chi connectivity index (χ4v) is 5.78. The van der Waals surface area contributed by atoms with Crippen molar-refractivity contribution in [2.75, 3.05) is 13.3 Å².